The molecule has 5 nitrogen and oxygen atoms in total. The number of hydrogen-bond donors (Lipinski definition) is 1. The number of β-amino-alcohol motifs (C(OH)–C–C–N with tert-alkyl or cyclic N) is 1. The molecule has 1 atom stereocenters. The van der Waals surface area contributed by atoms with E-state index in [1.165, 1.54) is 4.31 Å². The number of ether oxygens (including phenoxy) is 1. The maximum absolute atomic E-state index is 11.0. The summed E-state index contributed by atoms with van der Waals surface area (Å²) in [6.45, 7) is 1.03. The van der Waals surface area contributed by atoms with Crippen LogP contribution in [0, 0.1) is 0 Å². The highest BCUT2D eigenvalue weighted by Crippen LogP contribution is 2.04. The van der Waals surface area contributed by atoms with E-state index in [4.69, 9.17) is 4.74 Å². The molecular formula is C6H13NO4S. The van der Waals surface area contributed by atoms with Gasteiger partial charge >= 0.3 is 0 Å². The monoisotopic (exact) mass is 195 g/mol. The van der Waals surface area contributed by atoms with Crippen LogP contribution < -0.4 is 0 Å². The van der Waals surface area contributed by atoms with Gasteiger partial charge in [-0.15, -0.1) is 0 Å². The fourth-order valence-electron chi connectivity index (χ4n) is 1.07. The van der Waals surface area contributed by atoms with E-state index < -0.39 is 16.1 Å². The molecule has 1 N–H and O–H groups in total. The molecule has 0 aromatic carbocycles. The first kappa shape index (κ1) is 9.91. The standard InChI is InChI=1S/C6H13NO4S/c1-12(9,10)7-2-3-11-5-6(8)4-7/h6,8H,2-5H2,1H3. The number of sulfonamides is 1. The summed E-state index contributed by atoms with van der Waals surface area (Å²) in [5, 5.41) is 9.19. The lowest BCUT2D eigenvalue weighted by molar-refractivity contribution is 0.0583. The lowest BCUT2D eigenvalue weighted by atomic mass is 10.4. The molecule has 0 radical (unpaired) electrons. The van der Waals surface area contributed by atoms with Crippen LogP contribution in [-0.2, 0) is 14.8 Å². The maximum Gasteiger partial charge on any atom is 0.211 e. The highest BCUT2D eigenvalue weighted by atomic mass is 32.2. The van der Waals surface area contributed by atoms with E-state index in [0.29, 0.717) is 13.2 Å². The van der Waals surface area contributed by atoms with Gasteiger partial charge < -0.3 is 9.84 Å². The molecular weight excluding hydrogens is 182 g/mol. The van der Waals surface area contributed by atoms with Crippen molar-refractivity contribution >= 4 is 10.0 Å². The molecule has 1 heterocycles. The molecule has 0 aliphatic carbocycles. The summed E-state index contributed by atoms with van der Waals surface area (Å²) in [6.07, 6.45) is 0.424. The Labute approximate surface area is 72.0 Å². The van der Waals surface area contributed by atoms with Crippen LogP contribution in [0.15, 0.2) is 0 Å². The smallest absolute Gasteiger partial charge is 0.211 e. The number of hydrogen-bond acceptors (Lipinski definition) is 4. The Morgan fingerprint density at radius 2 is 2.25 bits per heavy atom. The first-order chi connectivity index (χ1) is 5.50. The largest absolute Gasteiger partial charge is 0.389 e. The Morgan fingerprint density at radius 1 is 1.58 bits per heavy atom. The van der Waals surface area contributed by atoms with Gasteiger partial charge in [0.05, 0.1) is 25.6 Å². The van der Waals surface area contributed by atoms with Gasteiger partial charge in [0.25, 0.3) is 0 Å². The van der Waals surface area contributed by atoms with E-state index in [2.05, 4.69) is 0 Å². The second-order valence-corrected chi connectivity index (χ2v) is 4.83. The van der Waals surface area contributed by atoms with Crippen molar-refractivity contribution in [2.24, 2.45) is 0 Å². The topological polar surface area (TPSA) is 66.8 Å². The van der Waals surface area contributed by atoms with Crippen molar-refractivity contribution in [2.75, 3.05) is 32.6 Å². The van der Waals surface area contributed by atoms with E-state index in [-0.39, 0.29) is 13.2 Å². The Hall–Kier alpha value is -0.170. The molecule has 0 amide bonds. The molecule has 6 heteroatoms. The van der Waals surface area contributed by atoms with Crippen molar-refractivity contribution in [1.82, 2.24) is 4.31 Å². The van der Waals surface area contributed by atoms with E-state index in [0.717, 1.165) is 6.26 Å². The van der Waals surface area contributed by atoms with Crippen LogP contribution in [0.2, 0.25) is 0 Å². The summed E-state index contributed by atoms with van der Waals surface area (Å²) in [6, 6.07) is 0. The van der Waals surface area contributed by atoms with E-state index in [9.17, 15) is 13.5 Å². The molecule has 0 bridgehead atoms. The van der Waals surface area contributed by atoms with Crippen LogP contribution >= 0.6 is 0 Å². The lowest BCUT2D eigenvalue weighted by Gasteiger charge is -2.17. The molecule has 0 saturated carbocycles. The Bertz CT molecular complexity index is 238. The van der Waals surface area contributed by atoms with Crippen molar-refractivity contribution in [3.8, 4) is 0 Å². The van der Waals surface area contributed by atoms with Crippen molar-refractivity contribution in [3.63, 3.8) is 0 Å². The van der Waals surface area contributed by atoms with Gasteiger partial charge in [-0.2, -0.15) is 4.31 Å². The molecule has 0 spiro atoms. The molecule has 12 heavy (non-hydrogen) atoms. The molecule has 1 aliphatic heterocycles. The number of rotatable bonds is 1. The third kappa shape index (κ3) is 2.71. The summed E-state index contributed by atoms with van der Waals surface area (Å²) < 4.78 is 28.3. The minimum Gasteiger partial charge on any atom is -0.389 e. The second-order valence-electron chi connectivity index (χ2n) is 2.85. The minimum atomic E-state index is -3.19. The third-order valence-corrected chi connectivity index (χ3v) is 2.95. The van der Waals surface area contributed by atoms with Crippen LogP contribution in [0.5, 0.6) is 0 Å². The molecule has 0 aromatic rings. The van der Waals surface area contributed by atoms with Gasteiger partial charge in [0.2, 0.25) is 10.0 Å². The molecule has 1 saturated heterocycles. The average molecular weight is 195 g/mol. The highest BCUT2D eigenvalue weighted by molar-refractivity contribution is 7.88. The summed E-state index contributed by atoms with van der Waals surface area (Å²) in [7, 11) is -3.19. The molecule has 1 unspecified atom stereocenters. The molecule has 72 valence electrons. The van der Waals surface area contributed by atoms with Gasteiger partial charge in [0.15, 0.2) is 0 Å². The lowest BCUT2D eigenvalue weighted by Crippen LogP contribution is -2.36. The van der Waals surface area contributed by atoms with Crippen LogP contribution in [0.1, 0.15) is 0 Å². The van der Waals surface area contributed by atoms with Crippen molar-refractivity contribution in [1.29, 1.82) is 0 Å². The minimum absolute atomic E-state index is 0.138. The van der Waals surface area contributed by atoms with E-state index in [1.807, 2.05) is 0 Å². The zero-order valence-electron chi connectivity index (χ0n) is 6.93. The quantitative estimate of drug-likeness (QED) is 0.561. The number of nitrogens with zero attached hydrogens (tertiary/aromatic N) is 1. The summed E-state index contributed by atoms with van der Waals surface area (Å²) in [5.74, 6) is 0. The number of aliphatic hydroxyl groups is 1. The third-order valence-electron chi connectivity index (χ3n) is 1.68. The highest BCUT2D eigenvalue weighted by Gasteiger charge is 2.22. The predicted octanol–water partition coefficient (Wildman–Crippen LogP) is -1.36. The average Bonchev–Trinajstić information content (AvgIpc) is 2.11. The van der Waals surface area contributed by atoms with Crippen LogP contribution in [0.3, 0.4) is 0 Å². The van der Waals surface area contributed by atoms with E-state index in [1.54, 1.807) is 0 Å². The van der Waals surface area contributed by atoms with Gasteiger partial charge in [-0.25, -0.2) is 8.42 Å². The van der Waals surface area contributed by atoms with Crippen LogP contribution in [0.4, 0.5) is 0 Å². The van der Waals surface area contributed by atoms with Gasteiger partial charge in [0.1, 0.15) is 0 Å². The van der Waals surface area contributed by atoms with Gasteiger partial charge in [-0.05, 0) is 0 Å². The van der Waals surface area contributed by atoms with Crippen LogP contribution in [0.25, 0.3) is 0 Å². The summed E-state index contributed by atoms with van der Waals surface area (Å²) >= 11 is 0. The molecule has 1 rings (SSSR count). The summed E-state index contributed by atoms with van der Waals surface area (Å²) in [4.78, 5) is 0. The predicted molar refractivity (Wildman–Crippen MR) is 43.2 cm³/mol. The van der Waals surface area contributed by atoms with Gasteiger partial charge in [0, 0.05) is 13.1 Å². The van der Waals surface area contributed by atoms with E-state index >= 15 is 0 Å². The Balaban J connectivity index is 2.65. The van der Waals surface area contributed by atoms with Crippen molar-refractivity contribution < 1.29 is 18.3 Å². The van der Waals surface area contributed by atoms with Crippen molar-refractivity contribution in [3.05, 3.63) is 0 Å². The van der Waals surface area contributed by atoms with Crippen LogP contribution in [-0.4, -0.2) is 56.5 Å². The first-order valence-corrected chi connectivity index (χ1v) is 5.56. The Kier molecular flexibility index (Phi) is 3.05. The number of aliphatic hydroxyl groups excluding tert-OH is 1. The summed E-state index contributed by atoms with van der Waals surface area (Å²) in [5.41, 5.74) is 0. The first-order valence-electron chi connectivity index (χ1n) is 3.71. The van der Waals surface area contributed by atoms with Gasteiger partial charge in [-0.3, -0.25) is 0 Å². The zero-order valence-corrected chi connectivity index (χ0v) is 7.75. The fourth-order valence-corrected chi connectivity index (χ4v) is 1.92. The zero-order chi connectivity index (χ0) is 9.19. The molecule has 1 aliphatic rings. The normalized spacial score (nSPS) is 28.3. The Morgan fingerprint density at radius 3 is 2.83 bits per heavy atom. The molecule has 0 aromatic heterocycles. The molecule has 1 fully saturated rings. The van der Waals surface area contributed by atoms with Gasteiger partial charge in [-0.1, -0.05) is 0 Å². The fraction of sp³-hybridized carbons (Fsp3) is 1.00. The second kappa shape index (κ2) is 3.69. The van der Waals surface area contributed by atoms with Crippen molar-refractivity contribution in [2.45, 2.75) is 6.10 Å². The SMILES string of the molecule is CS(=O)(=O)N1CCOCC(O)C1. The maximum atomic E-state index is 11.0.